The van der Waals surface area contributed by atoms with Gasteiger partial charge in [-0.05, 0) is 41.1 Å². The van der Waals surface area contributed by atoms with Crippen molar-refractivity contribution in [1.82, 2.24) is 5.32 Å². The van der Waals surface area contributed by atoms with Crippen LogP contribution in [-0.4, -0.2) is 17.9 Å². The molecule has 0 fully saturated rings. The number of aryl methyl sites for hydroxylation is 1. The van der Waals surface area contributed by atoms with Crippen molar-refractivity contribution in [3.63, 3.8) is 0 Å². The zero-order valence-electron chi connectivity index (χ0n) is 15.1. The Morgan fingerprint density at radius 3 is 2.44 bits per heavy atom. The molecule has 2 N–H and O–H groups in total. The number of carbonyl (C=O) groups is 2. The molecular weight excluding hydrogens is 356 g/mol. The largest absolute Gasteiger partial charge is 0.339 e. The van der Waals surface area contributed by atoms with Gasteiger partial charge in [0.2, 0.25) is 5.91 Å². The van der Waals surface area contributed by atoms with Crippen molar-refractivity contribution in [2.24, 2.45) is 0 Å². The van der Waals surface area contributed by atoms with Crippen LogP contribution in [0.4, 0.5) is 5.69 Å². The Balaban J connectivity index is 1.77. The molecule has 27 heavy (non-hydrogen) atoms. The third-order valence-electron chi connectivity index (χ3n) is 4.25. The highest BCUT2D eigenvalue weighted by Gasteiger charge is 2.22. The Hall–Kier alpha value is -2.92. The molecule has 3 aromatic rings. The van der Waals surface area contributed by atoms with E-state index in [0.717, 1.165) is 23.2 Å². The van der Waals surface area contributed by atoms with Gasteiger partial charge in [-0.25, -0.2) is 0 Å². The van der Waals surface area contributed by atoms with Crippen molar-refractivity contribution < 1.29 is 9.59 Å². The average Bonchev–Trinajstić information content (AvgIpc) is 3.23. The van der Waals surface area contributed by atoms with Gasteiger partial charge in [-0.1, -0.05) is 55.5 Å². The summed E-state index contributed by atoms with van der Waals surface area (Å²) in [6, 6.07) is 20.4. The molecule has 0 saturated heterocycles. The van der Waals surface area contributed by atoms with E-state index in [9.17, 15) is 9.59 Å². The van der Waals surface area contributed by atoms with Crippen LogP contribution < -0.4 is 10.6 Å². The highest BCUT2D eigenvalue weighted by Crippen LogP contribution is 2.14. The molecule has 2 aromatic carbocycles. The van der Waals surface area contributed by atoms with Crippen molar-refractivity contribution in [2.75, 3.05) is 5.32 Å². The third-order valence-corrected chi connectivity index (χ3v) is 5.12. The van der Waals surface area contributed by atoms with Crippen molar-refractivity contribution in [1.29, 1.82) is 0 Å². The van der Waals surface area contributed by atoms with Crippen LogP contribution in [0, 0.1) is 0 Å². The quantitative estimate of drug-likeness (QED) is 0.644. The first-order valence-corrected chi connectivity index (χ1v) is 9.81. The molecule has 0 saturated carbocycles. The summed E-state index contributed by atoms with van der Waals surface area (Å²) in [6.45, 7) is 2.07. The van der Waals surface area contributed by atoms with Gasteiger partial charge in [0.25, 0.3) is 5.91 Å². The molecule has 1 heterocycles. The molecule has 1 aromatic heterocycles. The fraction of sp³-hybridized carbons (Fsp3) is 0.182. The van der Waals surface area contributed by atoms with Gasteiger partial charge in [0.05, 0.1) is 4.88 Å². The number of benzene rings is 2. The second kappa shape index (κ2) is 9.14. The average molecular weight is 378 g/mol. The first kappa shape index (κ1) is 18.9. The van der Waals surface area contributed by atoms with Gasteiger partial charge >= 0.3 is 0 Å². The SMILES string of the molecule is CCc1cccc(NC(=O)C(Cc2ccccc2)NC(=O)c2cccs2)c1. The number of amides is 2. The number of hydrogen-bond donors (Lipinski definition) is 2. The van der Waals surface area contributed by atoms with Crippen LogP contribution in [0.25, 0.3) is 0 Å². The molecule has 0 bridgehead atoms. The minimum atomic E-state index is -0.660. The summed E-state index contributed by atoms with van der Waals surface area (Å²) in [6.07, 6.45) is 1.32. The van der Waals surface area contributed by atoms with Gasteiger partial charge in [0, 0.05) is 12.1 Å². The number of anilines is 1. The van der Waals surface area contributed by atoms with Crippen LogP contribution in [0.1, 0.15) is 27.7 Å². The Bertz CT molecular complexity index is 892. The standard InChI is InChI=1S/C22H22N2O2S/c1-2-16-10-6-11-18(14-16)23-21(25)19(15-17-8-4-3-5-9-17)24-22(26)20-12-7-13-27-20/h3-14,19H,2,15H2,1H3,(H,23,25)(H,24,26). The zero-order chi connectivity index (χ0) is 19.1. The van der Waals surface area contributed by atoms with Crippen molar-refractivity contribution in [2.45, 2.75) is 25.8 Å². The molecule has 2 amide bonds. The molecule has 0 aliphatic carbocycles. The minimum Gasteiger partial charge on any atom is -0.339 e. The summed E-state index contributed by atoms with van der Waals surface area (Å²) in [5, 5.41) is 7.66. The summed E-state index contributed by atoms with van der Waals surface area (Å²) in [7, 11) is 0. The van der Waals surface area contributed by atoms with Gasteiger partial charge < -0.3 is 10.6 Å². The molecule has 3 rings (SSSR count). The lowest BCUT2D eigenvalue weighted by atomic mass is 10.0. The molecular formula is C22H22N2O2S. The highest BCUT2D eigenvalue weighted by atomic mass is 32.1. The van der Waals surface area contributed by atoms with Crippen LogP contribution in [0.5, 0.6) is 0 Å². The van der Waals surface area contributed by atoms with E-state index in [0.29, 0.717) is 11.3 Å². The first-order valence-electron chi connectivity index (χ1n) is 8.94. The summed E-state index contributed by atoms with van der Waals surface area (Å²) < 4.78 is 0. The van der Waals surface area contributed by atoms with E-state index < -0.39 is 6.04 Å². The van der Waals surface area contributed by atoms with Gasteiger partial charge in [-0.3, -0.25) is 9.59 Å². The third kappa shape index (κ3) is 5.28. The fourth-order valence-corrected chi connectivity index (χ4v) is 3.42. The minimum absolute atomic E-state index is 0.225. The maximum absolute atomic E-state index is 12.9. The normalized spacial score (nSPS) is 11.6. The Morgan fingerprint density at radius 2 is 1.74 bits per heavy atom. The maximum Gasteiger partial charge on any atom is 0.262 e. The van der Waals surface area contributed by atoms with Crippen LogP contribution in [0.15, 0.2) is 72.1 Å². The van der Waals surface area contributed by atoms with E-state index in [1.807, 2.05) is 66.0 Å². The van der Waals surface area contributed by atoms with Crippen LogP contribution in [0.2, 0.25) is 0 Å². The molecule has 0 aliphatic rings. The lowest BCUT2D eigenvalue weighted by Gasteiger charge is -2.18. The smallest absolute Gasteiger partial charge is 0.262 e. The molecule has 138 valence electrons. The Morgan fingerprint density at radius 1 is 0.963 bits per heavy atom. The number of hydrogen-bond acceptors (Lipinski definition) is 3. The molecule has 1 unspecified atom stereocenters. The predicted molar refractivity (Wildman–Crippen MR) is 110 cm³/mol. The molecule has 0 radical (unpaired) electrons. The van der Waals surface area contributed by atoms with Crippen LogP contribution in [0.3, 0.4) is 0 Å². The van der Waals surface area contributed by atoms with E-state index in [2.05, 4.69) is 17.6 Å². The summed E-state index contributed by atoms with van der Waals surface area (Å²) in [5.41, 5.74) is 2.88. The Kier molecular flexibility index (Phi) is 6.39. The first-order chi connectivity index (χ1) is 13.2. The maximum atomic E-state index is 12.9. The van der Waals surface area contributed by atoms with Crippen molar-refractivity contribution >= 4 is 28.8 Å². The van der Waals surface area contributed by atoms with Gasteiger partial charge in [0.1, 0.15) is 6.04 Å². The van der Waals surface area contributed by atoms with Crippen molar-refractivity contribution in [3.8, 4) is 0 Å². The number of carbonyl (C=O) groups excluding carboxylic acids is 2. The molecule has 0 aliphatic heterocycles. The lowest BCUT2D eigenvalue weighted by Crippen LogP contribution is -2.45. The second-order valence-electron chi connectivity index (χ2n) is 6.24. The zero-order valence-corrected chi connectivity index (χ0v) is 16.0. The van der Waals surface area contributed by atoms with Crippen molar-refractivity contribution in [3.05, 3.63) is 88.1 Å². The molecule has 1 atom stereocenters. The topological polar surface area (TPSA) is 58.2 Å². The van der Waals surface area contributed by atoms with E-state index in [1.165, 1.54) is 11.3 Å². The van der Waals surface area contributed by atoms with E-state index in [-0.39, 0.29) is 11.8 Å². The monoisotopic (exact) mass is 378 g/mol. The predicted octanol–water partition coefficient (Wildman–Crippen LogP) is 4.29. The van der Waals surface area contributed by atoms with Gasteiger partial charge in [-0.15, -0.1) is 11.3 Å². The second-order valence-corrected chi connectivity index (χ2v) is 7.18. The van der Waals surface area contributed by atoms with E-state index in [4.69, 9.17) is 0 Å². The molecule has 4 nitrogen and oxygen atoms in total. The molecule has 5 heteroatoms. The van der Waals surface area contributed by atoms with E-state index >= 15 is 0 Å². The fourth-order valence-electron chi connectivity index (χ4n) is 2.79. The van der Waals surface area contributed by atoms with Gasteiger partial charge in [0.15, 0.2) is 0 Å². The van der Waals surface area contributed by atoms with Crippen LogP contribution in [-0.2, 0) is 17.6 Å². The summed E-state index contributed by atoms with van der Waals surface area (Å²) in [4.78, 5) is 26.0. The summed E-state index contributed by atoms with van der Waals surface area (Å²) in [5.74, 6) is -0.458. The Labute approximate surface area is 163 Å². The lowest BCUT2D eigenvalue weighted by molar-refractivity contribution is -0.118. The number of thiophene rings is 1. The number of rotatable bonds is 7. The van der Waals surface area contributed by atoms with Gasteiger partial charge in [-0.2, -0.15) is 0 Å². The number of nitrogens with one attached hydrogen (secondary N) is 2. The highest BCUT2D eigenvalue weighted by molar-refractivity contribution is 7.12. The summed E-state index contributed by atoms with van der Waals surface area (Å²) >= 11 is 1.36. The molecule has 0 spiro atoms. The van der Waals surface area contributed by atoms with E-state index in [1.54, 1.807) is 6.07 Å². The van der Waals surface area contributed by atoms with Crippen LogP contribution >= 0.6 is 11.3 Å².